The van der Waals surface area contributed by atoms with E-state index in [4.69, 9.17) is 10.5 Å². The number of ether oxygens (including phenoxy) is 1. The number of hydrogen-bond acceptors (Lipinski definition) is 3. The van der Waals surface area contributed by atoms with Crippen molar-refractivity contribution in [3.8, 4) is 5.75 Å². The van der Waals surface area contributed by atoms with E-state index in [0.29, 0.717) is 18.8 Å². The lowest BCUT2D eigenvalue weighted by atomic mass is 10.0. The van der Waals surface area contributed by atoms with Crippen molar-refractivity contribution in [2.45, 2.75) is 26.7 Å². The quantitative estimate of drug-likeness (QED) is 0.798. The van der Waals surface area contributed by atoms with Gasteiger partial charge in [0.15, 0.2) is 11.6 Å². The Balaban J connectivity index is 2.71. The van der Waals surface area contributed by atoms with Gasteiger partial charge in [-0.2, -0.15) is 0 Å². The summed E-state index contributed by atoms with van der Waals surface area (Å²) in [5, 5.41) is 2.67. The van der Waals surface area contributed by atoms with Gasteiger partial charge in [0.2, 0.25) is 5.91 Å². The van der Waals surface area contributed by atoms with Gasteiger partial charge in [-0.25, -0.2) is 4.39 Å². The number of anilines is 1. The minimum absolute atomic E-state index is 0.173. The predicted molar refractivity (Wildman–Crippen MR) is 73.7 cm³/mol. The molecule has 0 aromatic heterocycles. The number of amides is 1. The molecule has 0 saturated carbocycles. The van der Waals surface area contributed by atoms with Crippen molar-refractivity contribution in [2.75, 3.05) is 18.5 Å². The average molecular weight is 268 g/mol. The number of carbonyl (C=O) groups excluding carboxylic acids is 1. The molecule has 1 aromatic rings. The van der Waals surface area contributed by atoms with Gasteiger partial charge in [-0.15, -0.1) is 0 Å². The number of rotatable bonds is 7. The van der Waals surface area contributed by atoms with Crippen molar-refractivity contribution < 1.29 is 13.9 Å². The molecule has 0 heterocycles. The lowest BCUT2D eigenvalue weighted by Gasteiger charge is -2.14. The van der Waals surface area contributed by atoms with E-state index in [0.717, 1.165) is 12.8 Å². The van der Waals surface area contributed by atoms with Gasteiger partial charge in [0, 0.05) is 18.3 Å². The molecule has 0 fully saturated rings. The van der Waals surface area contributed by atoms with E-state index < -0.39 is 5.82 Å². The molecule has 1 amide bonds. The summed E-state index contributed by atoms with van der Waals surface area (Å²) < 4.78 is 18.7. The number of carbonyl (C=O) groups is 1. The van der Waals surface area contributed by atoms with Crippen LogP contribution in [0.1, 0.15) is 26.7 Å². The standard InChI is InChI=1S/C14H21FN2O2/c1-3-5-10(9-16)14(18)17-11-6-7-13(19-4-2)12(15)8-11/h6-8,10H,3-5,9,16H2,1-2H3,(H,17,18). The summed E-state index contributed by atoms with van der Waals surface area (Å²) >= 11 is 0. The molecule has 0 spiro atoms. The zero-order chi connectivity index (χ0) is 14.3. The Morgan fingerprint density at radius 2 is 2.21 bits per heavy atom. The van der Waals surface area contributed by atoms with E-state index in [1.165, 1.54) is 12.1 Å². The fraction of sp³-hybridized carbons (Fsp3) is 0.500. The molecule has 4 nitrogen and oxygen atoms in total. The molecule has 3 N–H and O–H groups in total. The third-order valence-electron chi connectivity index (χ3n) is 2.79. The van der Waals surface area contributed by atoms with E-state index in [1.54, 1.807) is 13.0 Å². The molecule has 5 heteroatoms. The van der Waals surface area contributed by atoms with E-state index in [2.05, 4.69) is 5.32 Å². The summed E-state index contributed by atoms with van der Waals surface area (Å²) in [6, 6.07) is 4.37. The number of nitrogens with two attached hydrogens (primary N) is 1. The molecular formula is C14H21FN2O2. The van der Waals surface area contributed by atoms with Gasteiger partial charge in [0.25, 0.3) is 0 Å². The van der Waals surface area contributed by atoms with Gasteiger partial charge in [-0.1, -0.05) is 13.3 Å². The highest BCUT2D eigenvalue weighted by molar-refractivity contribution is 5.92. The molecule has 0 bridgehead atoms. The normalized spacial score (nSPS) is 12.0. The molecule has 0 saturated heterocycles. The first-order valence-electron chi connectivity index (χ1n) is 6.55. The van der Waals surface area contributed by atoms with Crippen molar-refractivity contribution in [3.05, 3.63) is 24.0 Å². The van der Waals surface area contributed by atoms with Gasteiger partial charge in [-0.3, -0.25) is 4.79 Å². The molecule has 1 unspecified atom stereocenters. The van der Waals surface area contributed by atoms with E-state index in [1.807, 2.05) is 6.92 Å². The highest BCUT2D eigenvalue weighted by Crippen LogP contribution is 2.21. The molecule has 106 valence electrons. The first-order valence-corrected chi connectivity index (χ1v) is 6.55. The largest absolute Gasteiger partial charge is 0.491 e. The van der Waals surface area contributed by atoms with Crippen LogP contribution < -0.4 is 15.8 Å². The molecule has 0 aliphatic rings. The summed E-state index contributed by atoms with van der Waals surface area (Å²) in [5.41, 5.74) is 5.97. The highest BCUT2D eigenvalue weighted by atomic mass is 19.1. The fourth-order valence-electron chi connectivity index (χ4n) is 1.80. The van der Waals surface area contributed by atoms with Crippen LogP contribution in [-0.2, 0) is 4.79 Å². The Morgan fingerprint density at radius 1 is 1.47 bits per heavy atom. The summed E-state index contributed by atoms with van der Waals surface area (Å²) in [6.45, 7) is 4.46. The summed E-state index contributed by atoms with van der Waals surface area (Å²) in [7, 11) is 0. The third-order valence-corrected chi connectivity index (χ3v) is 2.79. The van der Waals surface area contributed by atoms with E-state index in [-0.39, 0.29) is 17.6 Å². The second-order valence-corrected chi connectivity index (χ2v) is 4.29. The first kappa shape index (κ1) is 15.4. The van der Waals surface area contributed by atoms with E-state index in [9.17, 15) is 9.18 Å². The number of halogens is 1. The maximum absolute atomic E-state index is 13.6. The van der Waals surface area contributed by atoms with Crippen LogP contribution in [-0.4, -0.2) is 19.1 Å². The minimum atomic E-state index is -0.487. The number of hydrogen-bond donors (Lipinski definition) is 2. The van der Waals surface area contributed by atoms with Gasteiger partial charge < -0.3 is 15.8 Å². The second kappa shape index (κ2) is 7.74. The van der Waals surface area contributed by atoms with Crippen LogP contribution >= 0.6 is 0 Å². The average Bonchev–Trinajstić information content (AvgIpc) is 2.39. The van der Waals surface area contributed by atoms with Crippen LogP contribution in [0.4, 0.5) is 10.1 Å². The summed E-state index contributed by atoms with van der Waals surface area (Å²) in [5.74, 6) is -0.712. The van der Waals surface area contributed by atoms with Gasteiger partial charge in [0.1, 0.15) is 0 Å². The number of nitrogens with one attached hydrogen (secondary N) is 1. The Morgan fingerprint density at radius 3 is 2.74 bits per heavy atom. The molecule has 19 heavy (non-hydrogen) atoms. The Labute approximate surface area is 113 Å². The zero-order valence-electron chi connectivity index (χ0n) is 11.4. The van der Waals surface area contributed by atoms with Crippen molar-refractivity contribution in [3.63, 3.8) is 0 Å². The van der Waals surface area contributed by atoms with Crippen LogP contribution in [0.5, 0.6) is 5.75 Å². The third kappa shape index (κ3) is 4.52. The monoisotopic (exact) mass is 268 g/mol. The smallest absolute Gasteiger partial charge is 0.228 e. The van der Waals surface area contributed by atoms with Crippen LogP contribution in [0.3, 0.4) is 0 Å². The van der Waals surface area contributed by atoms with Crippen molar-refractivity contribution in [1.29, 1.82) is 0 Å². The van der Waals surface area contributed by atoms with Crippen LogP contribution in [0, 0.1) is 11.7 Å². The molecule has 1 atom stereocenters. The minimum Gasteiger partial charge on any atom is -0.491 e. The fourth-order valence-corrected chi connectivity index (χ4v) is 1.80. The van der Waals surface area contributed by atoms with Crippen molar-refractivity contribution in [2.24, 2.45) is 11.7 Å². The first-order chi connectivity index (χ1) is 9.12. The van der Waals surface area contributed by atoms with Gasteiger partial charge >= 0.3 is 0 Å². The lowest BCUT2D eigenvalue weighted by molar-refractivity contribution is -0.119. The van der Waals surface area contributed by atoms with E-state index >= 15 is 0 Å². The topological polar surface area (TPSA) is 64.4 Å². The van der Waals surface area contributed by atoms with Gasteiger partial charge in [-0.05, 0) is 25.5 Å². The SMILES string of the molecule is CCCC(CN)C(=O)Nc1ccc(OCC)c(F)c1. The summed E-state index contributed by atoms with van der Waals surface area (Å²) in [6.07, 6.45) is 1.61. The highest BCUT2D eigenvalue weighted by Gasteiger charge is 2.16. The molecule has 0 aliphatic heterocycles. The lowest BCUT2D eigenvalue weighted by Crippen LogP contribution is -2.29. The van der Waals surface area contributed by atoms with Crippen LogP contribution in [0.2, 0.25) is 0 Å². The maximum atomic E-state index is 13.6. The van der Waals surface area contributed by atoms with Crippen molar-refractivity contribution in [1.82, 2.24) is 0 Å². The molecular weight excluding hydrogens is 247 g/mol. The van der Waals surface area contributed by atoms with Crippen molar-refractivity contribution >= 4 is 11.6 Å². The van der Waals surface area contributed by atoms with Crippen LogP contribution in [0.15, 0.2) is 18.2 Å². The number of benzene rings is 1. The molecule has 1 rings (SSSR count). The molecule has 1 aromatic carbocycles. The maximum Gasteiger partial charge on any atom is 0.228 e. The molecule has 0 radical (unpaired) electrons. The Bertz CT molecular complexity index is 424. The Kier molecular flexibility index (Phi) is 6.29. The van der Waals surface area contributed by atoms with Crippen LogP contribution in [0.25, 0.3) is 0 Å². The Hall–Kier alpha value is -1.62. The summed E-state index contributed by atoms with van der Waals surface area (Å²) in [4.78, 5) is 11.9. The second-order valence-electron chi connectivity index (χ2n) is 4.29. The zero-order valence-corrected chi connectivity index (χ0v) is 11.4. The van der Waals surface area contributed by atoms with Gasteiger partial charge in [0.05, 0.1) is 12.5 Å². The molecule has 0 aliphatic carbocycles. The predicted octanol–water partition coefficient (Wildman–Crippen LogP) is 2.54.